The first-order valence-electron chi connectivity index (χ1n) is 4.70. The molecular weight excluding hydrogens is 178 g/mol. The third-order valence-corrected chi connectivity index (χ3v) is 1.89. The summed E-state index contributed by atoms with van der Waals surface area (Å²) >= 11 is 0. The van der Waals surface area contributed by atoms with Crippen molar-refractivity contribution in [2.24, 2.45) is 0 Å². The lowest BCUT2D eigenvalue weighted by Gasteiger charge is -2.18. The van der Waals surface area contributed by atoms with Crippen LogP contribution in [0.3, 0.4) is 0 Å². The molecule has 0 saturated carbocycles. The van der Waals surface area contributed by atoms with Gasteiger partial charge in [0.1, 0.15) is 0 Å². The molecule has 0 heterocycles. The number of hydrogen-bond acceptors (Lipinski definition) is 2. The summed E-state index contributed by atoms with van der Waals surface area (Å²) in [6.45, 7) is 2.62. The standard InChI is InChI=1S/C11H15NO2/c1-3-9-12(14-2)11(13)10-7-5-4-6-8-10/h4-8H,3,9H2,1-2H3. The molecule has 0 fully saturated rings. The quantitative estimate of drug-likeness (QED) is 0.685. The Balaban J connectivity index is 2.73. The molecule has 0 aliphatic heterocycles. The molecule has 0 bridgehead atoms. The van der Waals surface area contributed by atoms with Gasteiger partial charge in [-0.1, -0.05) is 25.1 Å². The number of hydrogen-bond donors (Lipinski definition) is 0. The van der Waals surface area contributed by atoms with Gasteiger partial charge in [-0.3, -0.25) is 9.63 Å². The van der Waals surface area contributed by atoms with Crippen molar-refractivity contribution in [3.63, 3.8) is 0 Å². The lowest BCUT2D eigenvalue weighted by molar-refractivity contribution is -0.0948. The number of hydroxylamine groups is 2. The first-order valence-corrected chi connectivity index (χ1v) is 4.70. The fraction of sp³-hybridized carbons (Fsp3) is 0.364. The van der Waals surface area contributed by atoms with E-state index in [1.807, 2.05) is 25.1 Å². The predicted molar refractivity (Wildman–Crippen MR) is 54.8 cm³/mol. The number of nitrogens with zero attached hydrogens (tertiary/aromatic N) is 1. The third-order valence-electron chi connectivity index (χ3n) is 1.89. The van der Waals surface area contributed by atoms with Crippen LogP contribution in [0.15, 0.2) is 30.3 Å². The maximum atomic E-state index is 11.8. The van der Waals surface area contributed by atoms with Gasteiger partial charge >= 0.3 is 0 Å². The average molecular weight is 193 g/mol. The van der Waals surface area contributed by atoms with Crippen molar-refractivity contribution in [3.8, 4) is 0 Å². The third kappa shape index (κ3) is 2.57. The van der Waals surface area contributed by atoms with Gasteiger partial charge in [-0.2, -0.15) is 0 Å². The summed E-state index contributed by atoms with van der Waals surface area (Å²) in [4.78, 5) is 16.8. The Hall–Kier alpha value is -1.35. The van der Waals surface area contributed by atoms with Gasteiger partial charge in [-0.25, -0.2) is 5.06 Å². The monoisotopic (exact) mass is 193 g/mol. The zero-order valence-electron chi connectivity index (χ0n) is 8.56. The Morgan fingerprint density at radius 3 is 2.50 bits per heavy atom. The van der Waals surface area contributed by atoms with Crippen LogP contribution in [0.25, 0.3) is 0 Å². The number of amides is 1. The molecular formula is C11H15NO2. The van der Waals surface area contributed by atoms with E-state index in [1.165, 1.54) is 12.2 Å². The number of rotatable bonds is 4. The summed E-state index contributed by atoms with van der Waals surface area (Å²) in [6, 6.07) is 9.13. The minimum Gasteiger partial charge on any atom is -0.274 e. The second kappa shape index (κ2) is 5.40. The highest BCUT2D eigenvalue weighted by Crippen LogP contribution is 2.04. The van der Waals surface area contributed by atoms with Gasteiger partial charge in [0.2, 0.25) is 0 Å². The van der Waals surface area contributed by atoms with E-state index >= 15 is 0 Å². The topological polar surface area (TPSA) is 29.5 Å². The van der Waals surface area contributed by atoms with Crippen LogP contribution in [-0.4, -0.2) is 24.6 Å². The van der Waals surface area contributed by atoms with Crippen molar-refractivity contribution in [2.45, 2.75) is 13.3 Å². The molecule has 3 heteroatoms. The van der Waals surface area contributed by atoms with E-state index in [0.29, 0.717) is 12.1 Å². The number of benzene rings is 1. The minimum absolute atomic E-state index is 0.0880. The summed E-state index contributed by atoms with van der Waals surface area (Å²) in [7, 11) is 1.51. The molecule has 0 aliphatic carbocycles. The zero-order valence-corrected chi connectivity index (χ0v) is 8.56. The molecule has 0 atom stereocenters. The van der Waals surface area contributed by atoms with Gasteiger partial charge < -0.3 is 0 Å². The Labute approximate surface area is 84.2 Å². The van der Waals surface area contributed by atoms with Crippen molar-refractivity contribution >= 4 is 5.91 Å². The molecule has 3 nitrogen and oxygen atoms in total. The minimum atomic E-state index is -0.0880. The number of carbonyl (C=O) groups excluding carboxylic acids is 1. The van der Waals surface area contributed by atoms with Crippen LogP contribution in [0.5, 0.6) is 0 Å². The lowest BCUT2D eigenvalue weighted by Crippen LogP contribution is -2.30. The van der Waals surface area contributed by atoms with Gasteiger partial charge in [0, 0.05) is 12.1 Å². The van der Waals surface area contributed by atoms with E-state index in [2.05, 4.69) is 0 Å². The highest BCUT2D eigenvalue weighted by molar-refractivity contribution is 5.93. The van der Waals surface area contributed by atoms with E-state index in [1.54, 1.807) is 12.1 Å². The van der Waals surface area contributed by atoms with Gasteiger partial charge in [0.25, 0.3) is 5.91 Å². The van der Waals surface area contributed by atoms with Crippen molar-refractivity contribution in [1.82, 2.24) is 5.06 Å². The van der Waals surface area contributed by atoms with Crippen molar-refractivity contribution in [2.75, 3.05) is 13.7 Å². The molecule has 0 saturated heterocycles. The van der Waals surface area contributed by atoms with Gasteiger partial charge in [-0.05, 0) is 18.6 Å². The molecule has 14 heavy (non-hydrogen) atoms. The predicted octanol–water partition coefficient (Wildman–Crippen LogP) is 2.10. The molecule has 76 valence electrons. The second-order valence-corrected chi connectivity index (χ2v) is 2.96. The fourth-order valence-corrected chi connectivity index (χ4v) is 1.20. The van der Waals surface area contributed by atoms with Gasteiger partial charge in [0.15, 0.2) is 0 Å². The normalized spacial score (nSPS) is 9.86. The fourth-order valence-electron chi connectivity index (χ4n) is 1.20. The van der Waals surface area contributed by atoms with Crippen LogP contribution in [0.4, 0.5) is 0 Å². The molecule has 1 aromatic carbocycles. The highest BCUT2D eigenvalue weighted by atomic mass is 16.7. The molecule has 0 radical (unpaired) electrons. The summed E-state index contributed by atoms with van der Waals surface area (Å²) in [5.41, 5.74) is 0.655. The average Bonchev–Trinajstić information content (AvgIpc) is 2.26. The van der Waals surface area contributed by atoms with E-state index < -0.39 is 0 Å². The maximum Gasteiger partial charge on any atom is 0.277 e. The Morgan fingerprint density at radius 1 is 1.36 bits per heavy atom. The molecule has 0 aromatic heterocycles. The van der Waals surface area contributed by atoms with Crippen LogP contribution >= 0.6 is 0 Å². The second-order valence-electron chi connectivity index (χ2n) is 2.96. The van der Waals surface area contributed by atoms with Crippen LogP contribution < -0.4 is 0 Å². The zero-order chi connectivity index (χ0) is 10.4. The summed E-state index contributed by atoms with van der Waals surface area (Å²) < 4.78 is 0. The summed E-state index contributed by atoms with van der Waals surface area (Å²) in [5.74, 6) is -0.0880. The summed E-state index contributed by atoms with van der Waals surface area (Å²) in [5, 5.41) is 1.37. The first-order chi connectivity index (χ1) is 6.79. The SMILES string of the molecule is CCCN(OC)C(=O)c1ccccc1. The highest BCUT2D eigenvalue weighted by Gasteiger charge is 2.13. The molecule has 0 spiro atoms. The van der Waals surface area contributed by atoms with Gasteiger partial charge in [-0.15, -0.1) is 0 Å². The van der Waals surface area contributed by atoms with E-state index in [9.17, 15) is 4.79 Å². The molecule has 1 amide bonds. The van der Waals surface area contributed by atoms with Crippen LogP contribution in [0.1, 0.15) is 23.7 Å². The Bertz CT molecular complexity index is 285. The molecule has 1 aromatic rings. The number of carbonyl (C=O) groups is 1. The smallest absolute Gasteiger partial charge is 0.274 e. The summed E-state index contributed by atoms with van der Waals surface area (Å²) in [6.07, 6.45) is 0.881. The molecule has 0 unspecified atom stereocenters. The molecule has 1 rings (SSSR count). The van der Waals surface area contributed by atoms with Crippen molar-refractivity contribution in [1.29, 1.82) is 0 Å². The Kier molecular flexibility index (Phi) is 4.13. The van der Waals surface area contributed by atoms with E-state index in [-0.39, 0.29) is 5.91 Å². The first kappa shape index (κ1) is 10.7. The van der Waals surface area contributed by atoms with Crippen molar-refractivity contribution < 1.29 is 9.63 Å². The van der Waals surface area contributed by atoms with Crippen LogP contribution in [0, 0.1) is 0 Å². The lowest BCUT2D eigenvalue weighted by atomic mass is 10.2. The largest absolute Gasteiger partial charge is 0.277 e. The van der Waals surface area contributed by atoms with Crippen molar-refractivity contribution in [3.05, 3.63) is 35.9 Å². The van der Waals surface area contributed by atoms with Gasteiger partial charge in [0.05, 0.1) is 7.11 Å². The molecule has 0 aliphatic rings. The maximum absolute atomic E-state index is 11.8. The van der Waals surface area contributed by atoms with E-state index in [0.717, 1.165) is 6.42 Å². The van der Waals surface area contributed by atoms with E-state index in [4.69, 9.17) is 4.84 Å². The Morgan fingerprint density at radius 2 is 2.00 bits per heavy atom. The van der Waals surface area contributed by atoms with Crippen LogP contribution in [-0.2, 0) is 4.84 Å². The van der Waals surface area contributed by atoms with Crippen LogP contribution in [0.2, 0.25) is 0 Å². The molecule has 0 N–H and O–H groups in total.